The van der Waals surface area contributed by atoms with Gasteiger partial charge in [0.25, 0.3) is 0 Å². The van der Waals surface area contributed by atoms with E-state index in [0.717, 1.165) is 30.2 Å². The van der Waals surface area contributed by atoms with Crippen LogP contribution in [-0.2, 0) is 6.42 Å². The fraction of sp³-hybridized carbons (Fsp3) is 0.692. The number of nitrogens with zero attached hydrogens (tertiary/aromatic N) is 3. The first-order valence-electron chi connectivity index (χ1n) is 6.52. The number of hydrogen-bond donors (Lipinski definition) is 1. The molecule has 0 bridgehead atoms. The van der Waals surface area contributed by atoms with Gasteiger partial charge in [0.05, 0.1) is 0 Å². The van der Waals surface area contributed by atoms with E-state index >= 15 is 0 Å². The number of hydrogen-bond acceptors (Lipinski definition) is 5. The van der Waals surface area contributed by atoms with E-state index in [9.17, 15) is 0 Å². The van der Waals surface area contributed by atoms with Crippen molar-refractivity contribution in [3.8, 4) is 0 Å². The molecule has 1 aliphatic heterocycles. The zero-order valence-corrected chi connectivity index (χ0v) is 12.2. The largest absolute Gasteiger partial charge is 0.336 e. The van der Waals surface area contributed by atoms with E-state index in [0.29, 0.717) is 11.3 Å². The predicted octanol–water partition coefficient (Wildman–Crippen LogP) is 1.70. The first-order chi connectivity index (χ1) is 8.58. The summed E-state index contributed by atoms with van der Waals surface area (Å²) in [6, 6.07) is 0.646. The van der Waals surface area contributed by atoms with Crippen LogP contribution in [0.25, 0.3) is 0 Å². The highest BCUT2D eigenvalue weighted by Crippen LogP contribution is 2.26. The van der Waals surface area contributed by atoms with Crippen molar-refractivity contribution in [2.24, 2.45) is 5.73 Å². The summed E-state index contributed by atoms with van der Waals surface area (Å²) in [6.45, 7) is 7.55. The Morgan fingerprint density at radius 1 is 1.44 bits per heavy atom. The van der Waals surface area contributed by atoms with Gasteiger partial charge in [-0.1, -0.05) is 6.92 Å². The van der Waals surface area contributed by atoms with Gasteiger partial charge in [-0.15, -0.1) is 0 Å². The highest BCUT2D eigenvalue weighted by Gasteiger charge is 2.26. The fourth-order valence-electron chi connectivity index (χ4n) is 2.19. The third-order valence-electron chi connectivity index (χ3n) is 3.39. The summed E-state index contributed by atoms with van der Waals surface area (Å²) in [4.78, 5) is 11.3. The van der Waals surface area contributed by atoms with Crippen LogP contribution >= 0.6 is 11.8 Å². The first-order valence-corrected chi connectivity index (χ1v) is 7.57. The molecule has 1 aromatic heterocycles. The molecule has 0 aromatic carbocycles. The molecule has 0 saturated carbocycles. The van der Waals surface area contributed by atoms with Crippen LogP contribution in [0.1, 0.15) is 26.3 Å². The van der Waals surface area contributed by atoms with Gasteiger partial charge in [-0.05, 0) is 25.8 Å². The molecule has 0 radical (unpaired) electrons. The summed E-state index contributed by atoms with van der Waals surface area (Å²) in [5.74, 6) is 2.00. The SMILES string of the molecule is CC(N)Cc1cnc(N2CCSC(C)C2C)nc1. The lowest BCUT2D eigenvalue weighted by atomic mass is 10.1. The van der Waals surface area contributed by atoms with E-state index < -0.39 is 0 Å². The molecule has 18 heavy (non-hydrogen) atoms. The quantitative estimate of drug-likeness (QED) is 0.902. The number of anilines is 1. The van der Waals surface area contributed by atoms with Crippen molar-refractivity contribution in [3.63, 3.8) is 0 Å². The Balaban J connectivity index is 2.09. The normalized spacial score (nSPS) is 26.1. The Morgan fingerprint density at radius 3 is 2.72 bits per heavy atom. The Labute approximate surface area is 113 Å². The van der Waals surface area contributed by atoms with Crippen LogP contribution in [0, 0.1) is 0 Å². The van der Waals surface area contributed by atoms with Gasteiger partial charge >= 0.3 is 0 Å². The van der Waals surface area contributed by atoms with E-state index in [1.807, 2.05) is 31.1 Å². The fourth-order valence-corrected chi connectivity index (χ4v) is 3.29. The van der Waals surface area contributed by atoms with E-state index in [1.54, 1.807) is 0 Å². The maximum atomic E-state index is 5.78. The Morgan fingerprint density at radius 2 is 2.11 bits per heavy atom. The maximum Gasteiger partial charge on any atom is 0.225 e. The molecule has 1 fully saturated rings. The molecule has 5 heteroatoms. The van der Waals surface area contributed by atoms with Gasteiger partial charge in [0, 0.05) is 42.0 Å². The molecule has 100 valence electrons. The van der Waals surface area contributed by atoms with Gasteiger partial charge in [0.2, 0.25) is 5.95 Å². The molecule has 3 unspecified atom stereocenters. The van der Waals surface area contributed by atoms with E-state index in [2.05, 4.69) is 28.7 Å². The third-order valence-corrected chi connectivity index (χ3v) is 4.73. The molecule has 2 rings (SSSR count). The molecular formula is C13H22N4S. The van der Waals surface area contributed by atoms with Crippen LogP contribution in [0.5, 0.6) is 0 Å². The molecular weight excluding hydrogens is 244 g/mol. The molecule has 2 N–H and O–H groups in total. The Kier molecular flexibility index (Phi) is 4.45. The molecule has 1 aliphatic rings. The second-order valence-corrected chi connectivity index (χ2v) is 6.57. The summed E-state index contributed by atoms with van der Waals surface area (Å²) < 4.78 is 0. The van der Waals surface area contributed by atoms with Crippen molar-refractivity contribution in [2.45, 2.75) is 44.5 Å². The molecule has 0 spiro atoms. The molecule has 0 amide bonds. The monoisotopic (exact) mass is 266 g/mol. The average Bonchev–Trinajstić information content (AvgIpc) is 2.33. The van der Waals surface area contributed by atoms with Gasteiger partial charge in [-0.25, -0.2) is 9.97 Å². The summed E-state index contributed by atoms with van der Waals surface area (Å²) in [5, 5.41) is 0.631. The van der Waals surface area contributed by atoms with Crippen molar-refractivity contribution < 1.29 is 0 Å². The average molecular weight is 266 g/mol. The highest BCUT2D eigenvalue weighted by atomic mass is 32.2. The van der Waals surface area contributed by atoms with Gasteiger partial charge in [0.1, 0.15) is 0 Å². The molecule has 0 aliphatic carbocycles. The number of aromatic nitrogens is 2. The standard InChI is InChI=1S/C13H22N4S/c1-9(14)6-12-7-15-13(16-8-12)17-4-5-18-11(3)10(17)2/h7-11H,4-6,14H2,1-3H3. The molecule has 3 atom stereocenters. The third kappa shape index (κ3) is 3.14. The lowest BCUT2D eigenvalue weighted by Gasteiger charge is -2.37. The second kappa shape index (κ2) is 5.89. The smallest absolute Gasteiger partial charge is 0.225 e. The minimum Gasteiger partial charge on any atom is -0.336 e. The highest BCUT2D eigenvalue weighted by molar-refractivity contribution is 8.00. The van der Waals surface area contributed by atoms with Crippen molar-refractivity contribution >= 4 is 17.7 Å². The summed E-state index contributed by atoms with van der Waals surface area (Å²) in [7, 11) is 0. The van der Waals surface area contributed by atoms with Gasteiger partial charge < -0.3 is 10.6 Å². The van der Waals surface area contributed by atoms with Crippen molar-refractivity contribution in [1.82, 2.24) is 9.97 Å². The summed E-state index contributed by atoms with van der Waals surface area (Å²) >= 11 is 2.02. The lowest BCUT2D eigenvalue weighted by Crippen LogP contribution is -2.45. The van der Waals surface area contributed by atoms with Crippen LogP contribution < -0.4 is 10.6 Å². The number of rotatable bonds is 3. The minimum absolute atomic E-state index is 0.157. The van der Waals surface area contributed by atoms with Crippen LogP contribution in [0.4, 0.5) is 5.95 Å². The second-order valence-electron chi connectivity index (χ2n) is 5.08. The van der Waals surface area contributed by atoms with Gasteiger partial charge in [-0.2, -0.15) is 11.8 Å². The predicted molar refractivity (Wildman–Crippen MR) is 78.1 cm³/mol. The van der Waals surface area contributed by atoms with Crippen LogP contribution in [0.3, 0.4) is 0 Å². The van der Waals surface area contributed by atoms with Crippen LogP contribution in [-0.4, -0.2) is 39.6 Å². The summed E-state index contributed by atoms with van der Waals surface area (Å²) in [6.07, 6.45) is 4.65. The lowest BCUT2D eigenvalue weighted by molar-refractivity contribution is 0.611. The maximum absolute atomic E-state index is 5.78. The molecule has 2 heterocycles. The van der Waals surface area contributed by atoms with E-state index in [-0.39, 0.29) is 6.04 Å². The Bertz CT molecular complexity index is 379. The van der Waals surface area contributed by atoms with Gasteiger partial charge in [0.15, 0.2) is 0 Å². The molecule has 1 aromatic rings. The van der Waals surface area contributed by atoms with Crippen LogP contribution in [0.15, 0.2) is 12.4 Å². The van der Waals surface area contributed by atoms with Crippen molar-refractivity contribution in [3.05, 3.63) is 18.0 Å². The van der Waals surface area contributed by atoms with Crippen molar-refractivity contribution in [2.75, 3.05) is 17.2 Å². The zero-order valence-electron chi connectivity index (χ0n) is 11.3. The van der Waals surface area contributed by atoms with E-state index in [1.165, 1.54) is 0 Å². The number of nitrogens with two attached hydrogens (primary N) is 1. The van der Waals surface area contributed by atoms with E-state index in [4.69, 9.17) is 5.73 Å². The zero-order chi connectivity index (χ0) is 13.1. The summed E-state index contributed by atoms with van der Waals surface area (Å²) in [5.41, 5.74) is 6.89. The molecule has 1 saturated heterocycles. The minimum atomic E-state index is 0.157. The topological polar surface area (TPSA) is 55.0 Å². The number of thioether (sulfide) groups is 1. The first kappa shape index (κ1) is 13.6. The van der Waals surface area contributed by atoms with Gasteiger partial charge in [-0.3, -0.25) is 0 Å². The van der Waals surface area contributed by atoms with Crippen LogP contribution in [0.2, 0.25) is 0 Å². The Hall–Kier alpha value is -0.810. The molecule has 4 nitrogen and oxygen atoms in total. The van der Waals surface area contributed by atoms with Crippen molar-refractivity contribution in [1.29, 1.82) is 0 Å².